The Morgan fingerprint density at radius 3 is 2.80 bits per heavy atom. The summed E-state index contributed by atoms with van der Waals surface area (Å²) < 4.78 is 6.52. The molecule has 0 radical (unpaired) electrons. The van der Waals surface area contributed by atoms with E-state index in [0.717, 1.165) is 10.2 Å². The molecule has 4 nitrogen and oxygen atoms in total. The largest absolute Gasteiger partial charge is 0.493 e. The summed E-state index contributed by atoms with van der Waals surface area (Å²) in [4.78, 5) is 13.8. The van der Waals surface area contributed by atoms with Gasteiger partial charge in [-0.2, -0.15) is 0 Å². The maximum Gasteiger partial charge on any atom is 0.226 e. The number of carbonyl (C=O) groups is 1. The predicted octanol–water partition coefficient (Wildman–Crippen LogP) is 2.59. The molecular formula is C15H20BrNO3. The molecule has 1 amide bonds. The predicted molar refractivity (Wildman–Crippen MR) is 80.7 cm³/mol. The van der Waals surface area contributed by atoms with Crippen molar-refractivity contribution < 1.29 is 14.6 Å². The van der Waals surface area contributed by atoms with Crippen molar-refractivity contribution in [3.05, 3.63) is 28.7 Å². The van der Waals surface area contributed by atoms with Crippen LogP contribution in [0.3, 0.4) is 0 Å². The maximum absolute atomic E-state index is 12.0. The van der Waals surface area contributed by atoms with Crippen molar-refractivity contribution in [2.75, 3.05) is 19.7 Å². The van der Waals surface area contributed by atoms with Gasteiger partial charge >= 0.3 is 0 Å². The van der Waals surface area contributed by atoms with Crippen LogP contribution in [0.4, 0.5) is 0 Å². The van der Waals surface area contributed by atoms with E-state index in [2.05, 4.69) is 15.9 Å². The third-order valence-corrected chi connectivity index (χ3v) is 4.07. The molecule has 20 heavy (non-hydrogen) atoms. The first kappa shape index (κ1) is 15.3. The topological polar surface area (TPSA) is 49.8 Å². The lowest BCUT2D eigenvalue weighted by Crippen LogP contribution is -2.45. The van der Waals surface area contributed by atoms with Crippen LogP contribution in [0.1, 0.15) is 26.2 Å². The molecule has 2 rings (SSSR count). The molecule has 0 atom stereocenters. The molecule has 0 saturated carbocycles. The minimum Gasteiger partial charge on any atom is -0.493 e. The lowest BCUT2D eigenvalue weighted by molar-refractivity contribution is -0.135. The van der Waals surface area contributed by atoms with Crippen LogP contribution < -0.4 is 4.74 Å². The standard InChI is InChI=1S/C15H20BrNO3/c1-15(19)6-8-17(9-7-15)14(18)5-10-20-13-4-2-3-12(16)11-13/h2-4,11,19H,5-10H2,1H3. The molecule has 1 saturated heterocycles. The van der Waals surface area contributed by atoms with Crippen molar-refractivity contribution in [2.24, 2.45) is 0 Å². The smallest absolute Gasteiger partial charge is 0.226 e. The lowest BCUT2D eigenvalue weighted by atomic mass is 9.94. The number of hydrogen-bond acceptors (Lipinski definition) is 3. The minimum atomic E-state index is -0.621. The van der Waals surface area contributed by atoms with Crippen LogP contribution in [-0.2, 0) is 4.79 Å². The summed E-state index contributed by atoms with van der Waals surface area (Å²) in [6.45, 7) is 3.46. The summed E-state index contributed by atoms with van der Waals surface area (Å²) >= 11 is 3.38. The molecule has 0 aromatic heterocycles. The molecule has 0 spiro atoms. The fraction of sp³-hybridized carbons (Fsp3) is 0.533. The second-order valence-corrected chi connectivity index (χ2v) is 6.35. The number of halogens is 1. The summed E-state index contributed by atoms with van der Waals surface area (Å²) in [6.07, 6.45) is 1.66. The minimum absolute atomic E-state index is 0.0931. The Bertz CT molecular complexity index is 466. The van der Waals surface area contributed by atoms with E-state index in [1.165, 1.54) is 0 Å². The van der Waals surface area contributed by atoms with Crippen molar-refractivity contribution in [1.82, 2.24) is 4.90 Å². The number of likely N-dealkylation sites (tertiary alicyclic amines) is 1. The molecule has 0 bridgehead atoms. The summed E-state index contributed by atoms with van der Waals surface area (Å²) in [5, 5.41) is 9.86. The third kappa shape index (κ3) is 4.49. The Balaban J connectivity index is 1.73. The van der Waals surface area contributed by atoms with E-state index in [1.54, 1.807) is 0 Å². The van der Waals surface area contributed by atoms with Gasteiger partial charge in [0, 0.05) is 17.6 Å². The summed E-state index contributed by atoms with van der Waals surface area (Å²) in [5.41, 5.74) is -0.621. The molecule has 1 aromatic rings. The van der Waals surface area contributed by atoms with Crippen molar-refractivity contribution in [3.8, 4) is 5.75 Å². The third-order valence-electron chi connectivity index (χ3n) is 3.57. The average molecular weight is 342 g/mol. The van der Waals surface area contributed by atoms with Gasteiger partial charge in [-0.15, -0.1) is 0 Å². The fourth-order valence-corrected chi connectivity index (χ4v) is 2.59. The first-order valence-corrected chi connectivity index (χ1v) is 7.64. The van der Waals surface area contributed by atoms with Crippen molar-refractivity contribution >= 4 is 21.8 Å². The Hall–Kier alpha value is -1.07. The van der Waals surface area contributed by atoms with Crippen LogP contribution in [0, 0.1) is 0 Å². The Morgan fingerprint density at radius 1 is 1.45 bits per heavy atom. The Morgan fingerprint density at radius 2 is 2.15 bits per heavy atom. The van der Waals surface area contributed by atoms with Gasteiger partial charge < -0.3 is 14.7 Å². The van der Waals surface area contributed by atoms with E-state index in [4.69, 9.17) is 4.74 Å². The van der Waals surface area contributed by atoms with Crippen LogP contribution in [0.25, 0.3) is 0 Å². The second-order valence-electron chi connectivity index (χ2n) is 5.43. The number of hydrogen-bond donors (Lipinski definition) is 1. The Kier molecular flexibility index (Phi) is 5.05. The van der Waals surface area contributed by atoms with Gasteiger partial charge in [0.15, 0.2) is 0 Å². The van der Waals surface area contributed by atoms with E-state index in [1.807, 2.05) is 36.1 Å². The van der Waals surface area contributed by atoms with Gasteiger partial charge in [-0.1, -0.05) is 22.0 Å². The van der Waals surface area contributed by atoms with E-state index in [0.29, 0.717) is 39.0 Å². The number of aliphatic hydroxyl groups is 1. The highest BCUT2D eigenvalue weighted by Crippen LogP contribution is 2.22. The summed E-state index contributed by atoms with van der Waals surface area (Å²) in [6, 6.07) is 7.57. The zero-order valence-electron chi connectivity index (χ0n) is 11.6. The van der Waals surface area contributed by atoms with Gasteiger partial charge in [-0.05, 0) is 38.0 Å². The van der Waals surface area contributed by atoms with Crippen LogP contribution in [0.2, 0.25) is 0 Å². The van der Waals surface area contributed by atoms with Crippen LogP contribution in [-0.4, -0.2) is 41.2 Å². The van der Waals surface area contributed by atoms with Gasteiger partial charge in [-0.3, -0.25) is 4.79 Å². The number of ether oxygens (including phenoxy) is 1. The number of nitrogens with zero attached hydrogens (tertiary/aromatic N) is 1. The average Bonchev–Trinajstić information content (AvgIpc) is 2.38. The quantitative estimate of drug-likeness (QED) is 0.915. The van der Waals surface area contributed by atoms with Gasteiger partial charge in [0.25, 0.3) is 0 Å². The molecule has 0 aliphatic carbocycles. The van der Waals surface area contributed by atoms with Crippen LogP contribution in [0.5, 0.6) is 5.75 Å². The van der Waals surface area contributed by atoms with Gasteiger partial charge in [0.1, 0.15) is 5.75 Å². The number of rotatable bonds is 4. The second kappa shape index (κ2) is 6.59. The van der Waals surface area contributed by atoms with E-state index in [-0.39, 0.29) is 5.91 Å². The van der Waals surface area contributed by atoms with Gasteiger partial charge in [0.05, 0.1) is 18.6 Å². The van der Waals surface area contributed by atoms with E-state index < -0.39 is 5.60 Å². The van der Waals surface area contributed by atoms with Crippen LogP contribution >= 0.6 is 15.9 Å². The van der Waals surface area contributed by atoms with E-state index in [9.17, 15) is 9.90 Å². The molecule has 1 fully saturated rings. The molecule has 1 heterocycles. The molecule has 0 unspecified atom stereocenters. The summed E-state index contributed by atoms with van der Waals surface area (Å²) in [5.74, 6) is 0.851. The normalized spacial score (nSPS) is 17.9. The maximum atomic E-state index is 12.0. The van der Waals surface area contributed by atoms with Crippen molar-refractivity contribution in [2.45, 2.75) is 31.8 Å². The first-order valence-electron chi connectivity index (χ1n) is 6.85. The lowest BCUT2D eigenvalue weighted by Gasteiger charge is -2.35. The van der Waals surface area contributed by atoms with Gasteiger partial charge in [-0.25, -0.2) is 0 Å². The van der Waals surface area contributed by atoms with Crippen LogP contribution in [0.15, 0.2) is 28.7 Å². The SMILES string of the molecule is CC1(O)CCN(C(=O)CCOc2cccc(Br)c2)CC1. The van der Waals surface area contributed by atoms with Gasteiger partial charge in [0.2, 0.25) is 5.91 Å². The highest BCUT2D eigenvalue weighted by atomic mass is 79.9. The zero-order chi connectivity index (χ0) is 14.6. The van der Waals surface area contributed by atoms with Crippen molar-refractivity contribution in [1.29, 1.82) is 0 Å². The number of piperidine rings is 1. The molecule has 1 aliphatic rings. The fourth-order valence-electron chi connectivity index (χ4n) is 2.21. The number of carbonyl (C=O) groups excluding carboxylic acids is 1. The molecule has 110 valence electrons. The zero-order valence-corrected chi connectivity index (χ0v) is 13.2. The monoisotopic (exact) mass is 341 g/mol. The molecule has 1 aliphatic heterocycles. The highest BCUT2D eigenvalue weighted by Gasteiger charge is 2.29. The first-order chi connectivity index (χ1) is 9.46. The molecule has 1 aromatic carbocycles. The molecule has 5 heteroatoms. The van der Waals surface area contributed by atoms with E-state index >= 15 is 0 Å². The number of benzene rings is 1. The molecular weight excluding hydrogens is 322 g/mol. The summed E-state index contributed by atoms with van der Waals surface area (Å²) in [7, 11) is 0. The Labute approximate surface area is 127 Å². The molecule has 1 N–H and O–H groups in total. The van der Waals surface area contributed by atoms with Crippen molar-refractivity contribution in [3.63, 3.8) is 0 Å². The number of amides is 1. The highest BCUT2D eigenvalue weighted by molar-refractivity contribution is 9.10.